The number of para-hydroxylation sites is 2. The first-order chi connectivity index (χ1) is 29.8. The smallest absolute Gasteiger partial charge is 0.335 e. The van der Waals surface area contributed by atoms with Crippen molar-refractivity contribution in [2.24, 2.45) is 5.92 Å². The number of benzene rings is 4. The van der Waals surface area contributed by atoms with Crippen molar-refractivity contribution < 1.29 is 54.6 Å². The average Bonchev–Trinajstić information content (AvgIpc) is 3.66. The molecule has 340 valence electrons. The van der Waals surface area contributed by atoms with Crippen LogP contribution >= 0.6 is 23.4 Å². The lowest BCUT2D eigenvalue weighted by Crippen LogP contribution is -2.39. The zero-order valence-electron chi connectivity index (χ0n) is 36.1. The molecule has 5 unspecified atom stereocenters. The van der Waals surface area contributed by atoms with Crippen LogP contribution < -0.4 is 4.90 Å². The standard InChI is InChI=1S/C21H26ClNO.C18H22N2S.C4H6O6.C4H4O4/c1-21(17-7-4-3-5-8-17,18-10-12-19(22)13-11-18)24-16-14-20-9-6-15-23(20)2;1-14(12-19(2)3)13-20-15-8-4-6-10-17(15)21-18-11-7-5-9-16(18)20;5-1(3(7)8)2(6)4(9)10;5-3(6)1-2-4(7)8/h3-5,7-8,10-13,20H,6,9,14-16H2,1-2H3;4-11,14H,12-13H2,1-3H3;1-2,5-6H,(H,7,8)(H,9,10);1-2H,(H,5,6)(H,7,8). The Morgan fingerprint density at radius 2 is 1.27 bits per heavy atom. The summed E-state index contributed by atoms with van der Waals surface area (Å²) < 4.78 is 6.48. The number of halogens is 1. The number of carboxylic acids is 4. The van der Waals surface area contributed by atoms with Crippen molar-refractivity contribution in [2.75, 3.05) is 52.3 Å². The predicted molar refractivity (Wildman–Crippen MR) is 244 cm³/mol. The van der Waals surface area contributed by atoms with Crippen molar-refractivity contribution in [2.45, 2.75) is 66.8 Å². The highest BCUT2D eigenvalue weighted by molar-refractivity contribution is 7.99. The number of fused-ring (bicyclic) bond motifs is 2. The van der Waals surface area contributed by atoms with E-state index >= 15 is 0 Å². The second kappa shape index (κ2) is 25.8. The number of rotatable bonds is 15. The number of carboxylic acid groups (broad SMARTS) is 4. The minimum Gasteiger partial charge on any atom is -0.479 e. The zero-order chi connectivity index (χ0) is 46.7. The summed E-state index contributed by atoms with van der Waals surface area (Å²) >= 11 is 7.94. The first-order valence-corrected chi connectivity index (χ1v) is 21.4. The van der Waals surface area contributed by atoms with Crippen LogP contribution in [0, 0.1) is 5.92 Å². The molecule has 0 radical (unpaired) electrons. The molecule has 6 rings (SSSR count). The molecule has 0 bridgehead atoms. The van der Waals surface area contributed by atoms with Crippen LogP contribution in [0.5, 0.6) is 0 Å². The molecule has 2 heterocycles. The maximum absolute atomic E-state index is 9.77. The summed E-state index contributed by atoms with van der Waals surface area (Å²) in [6, 6.07) is 36.5. The van der Waals surface area contributed by atoms with Crippen molar-refractivity contribution in [1.29, 1.82) is 0 Å². The van der Waals surface area contributed by atoms with Crippen LogP contribution in [0.3, 0.4) is 0 Å². The molecule has 0 spiro atoms. The summed E-state index contributed by atoms with van der Waals surface area (Å²) in [6.45, 7) is 8.60. The lowest BCUT2D eigenvalue weighted by Gasteiger charge is -2.35. The maximum Gasteiger partial charge on any atom is 0.335 e. The molecule has 63 heavy (non-hydrogen) atoms. The van der Waals surface area contributed by atoms with E-state index < -0.39 is 41.7 Å². The van der Waals surface area contributed by atoms with Crippen LogP contribution in [-0.4, -0.2) is 130 Å². The predicted octanol–water partition coefficient (Wildman–Crippen LogP) is 7.18. The van der Waals surface area contributed by atoms with Gasteiger partial charge < -0.3 is 50.1 Å². The highest BCUT2D eigenvalue weighted by atomic mass is 35.5. The van der Waals surface area contributed by atoms with E-state index in [-0.39, 0.29) is 0 Å². The molecule has 1 saturated heterocycles. The molecule has 0 aliphatic carbocycles. The topological polar surface area (TPSA) is 209 Å². The molecule has 5 atom stereocenters. The largest absolute Gasteiger partial charge is 0.479 e. The summed E-state index contributed by atoms with van der Waals surface area (Å²) in [5.41, 5.74) is 4.53. The molecule has 4 aromatic rings. The number of likely N-dealkylation sites (tertiary alicyclic amines) is 1. The monoisotopic (exact) mass is 907 g/mol. The first kappa shape index (κ1) is 52.1. The van der Waals surface area contributed by atoms with Crippen LogP contribution in [0.2, 0.25) is 5.02 Å². The Bertz CT molecular complexity index is 2030. The summed E-state index contributed by atoms with van der Waals surface area (Å²) in [7, 11) is 6.50. The van der Waals surface area contributed by atoms with Crippen LogP contribution in [0.15, 0.2) is 125 Å². The molecular formula is C47H58ClN3O11S. The van der Waals surface area contributed by atoms with Gasteiger partial charge in [-0.3, -0.25) is 0 Å². The number of aliphatic hydroxyl groups excluding tert-OH is 2. The van der Waals surface area contributed by atoms with Gasteiger partial charge in [0.1, 0.15) is 5.60 Å². The van der Waals surface area contributed by atoms with Crippen LogP contribution in [0.1, 0.15) is 44.2 Å². The molecule has 2 aliphatic heterocycles. The fourth-order valence-electron chi connectivity index (χ4n) is 6.98. The quantitative estimate of drug-likeness (QED) is 0.0653. The SMILES string of the molecule is CC(CN(C)C)CN1c2ccccc2Sc2ccccc21.CN1CCCC1CCOC(C)(c1ccccc1)c1ccc(Cl)cc1.O=C(O)C(O)C(O)C(=O)O.O=C(O)C=CC(=O)O. The lowest BCUT2D eigenvalue weighted by molar-refractivity contribution is -0.165. The molecule has 0 aromatic heterocycles. The van der Waals surface area contributed by atoms with Gasteiger partial charge in [0.05, 0.1) is 11.4 Å². The highest BCUT2D eigenvalue weighted by Gasteiger charge is 2.31. The van der Waals surface area contributed by atoms with Gasteiger partial charge in [-0.2, -0.15) is 0 Å². The number of anilines is 2. The van der Waals surface area contributed by atoms with Gasteiger partial charge in [0.15, 0.2) is 12.2 Å². The Kier molecular flexibility index (Phi) is 21.3. The Hall–Kier alpha value is -5.26. The molecular weight excluding hydrogens is 850 g/mol. The van der Waals surface area contributed by atoms with Crippen LogP contribution in [-0.2, 0) is 29.5 Å². The third kappa shape index (κ3) is 16.8. The van der Waals surface area contributed by atoms with Gasteiger partial charge >= 0.3 is 23.9 Å². The summed E-state index contributed by atoms with van der Waals surface area (Å²) in [6.07, 6.45) is 0.240. The van der Waals surface area contributed by atoms with Crippen molar-refractivity contribution in [3.05, 3.63) is 131 Å². The molecule has 0 saturated carbocycles. The molecule has 6 N–H and O–H groups in total. The molecule has 14 nitrogen and oxygen atoms in total. The molecule has 16 heteroatoms. The lowest BCUT2D eigenvalue weighted by atomic mass is 9.88. The number of hydrogen-bond donors (Lipinski definition) is 6. The number of carbonyl (C=O) groups is 4. The fourth-order valence-corrected chi connectivity index (χ4v) is 8.21. The van der Waals surface area contributed by atoms with E-state index in [1.54, 1.807) is 0 Å². The second-order valence-corrected chi connectivity index (χ2v) is 16.9. The van der Waals surface area contributed by atoms with Gasteiger partial charge in [0.25, 0.3) is 0 Å². The Morgan fingerprint density at radius 3 is 1.71 bits per heavy atom. The van der Waals surface area contributed by atoms with E-state index in [1.165, 1.54) is 46.1 Å². The number of aliphatic hydroxyl groups is 2. The van der Waals surface area contributed by atoms with Crippen molar-refractivity contribution >= 4 is 58.6 Å². The van der Waals surface area contributed by atoms with E-state index in [0.717, 1.165) is 36.7 Å². The minimum absolute atomic E-state index is 0.455. The van der Waals surface area contributed by atoms with E-state index in [4.69, 9.17) is 47.0 Å². The van der Waals surface area contributed by atoms with Gasteiger partial charge in [-0.1, -0.05) is 97.0 Å². The normalized spacial score (nSPS) is 16.6. The van der Waals surface area contributed by atoms with Crippen molar-refractivity contribution in [3.8, 4) is 0 Å². The second-order valence-electron chi connectivity index (χ2n) is 15.4. The molecule has 1 fully saturated rings. The van der Waals surface area contributed by atoms with Gasteiger partial charge in [0.2, 0.25) is 0 Å². The van der Waals surface area contributed by atoms with Crippen LogP contribution in [0.4, 0.5) is 11.4 Å². The maximum atomic E-state index is 9.77. The van der Waals surface area contributed by atoms with E-state index in [0.29, 0.717) is 24.1 Å². The Morgan fingerprint density at radius 1 is 0.794 bits per heavy atom. The summed E-state index contributed by atoms with van der Waals surface area (Å²) in [5, 5.41) is 48.9. The summed E-state index contributed by atoms with van der Waals surface area (Å²) in [4.78, 5) is 48.6. The van der Waals surface area contributed by atoms with Gasteiger partial charge in [-0.05, 0) is 107 Å². The zero-order valence-corrected chi connectivity index (χ0v) is 37.7. The Balaban J connectivity index is 0.000000246. The number of ether oxygens (including phenoxy) is 1. The third-order valence-electron chi connectivity index (χ3n) is 10.1. The van der Waals surface area contributed by atoms with Gasteiger partial charge in [0, 0.05) is 52.7 Å². The van der Waals surface area contributed by atoms with Gasteiger partial charge in [-0.15, -0.1) is 0 Å². The third-order valence-corrected chi connectivity index (χ3v) is 11.5. The fraction of sp³-hybridized carbons (Fsp3) is 0.362. The summed E-state index contributed by atoms with van der Waals surface area (Å²) in [5.74, 6) is -5.44. The number of hydrogen-bond acceptors (Lipinski definition) is 11. The number of nitrogens with zero attached hydrogens (tertiary/aromatic N) is 3. The van der Waals surface area contributed by atoms with E-state index in [2.05, 4.69) is 135 Å². The molecule has 4 aromatic carbocycles. The van der Waals surface area contributed by atoms with Gasteiger partial charge in [-0.25, -0.2) is 19.2 Å². The Labute approximate surface area is 378 Å². The van der Waals surface area contributed by atoms with Crippen molar-refractivity contribution in [3.63, 3.8) is 0 Å². The molecule has 0 amide bonds. The molecule has 2 aliphatic rings. The van der Waals surface area contributed by atoms with E-state index in [1.807, 2.05) is 30.0 Å². The number of aliphatic carboxylic acids is 4. The first-order valence-electron chi connectivity index (χ1n) is 20.2. The van der Waals surface area contributed by atoms with Crippen LogP contribution in [0.25, 0.3) is 0 Å². The van der Waals surface area contributed by atoms with Crippen molar-refractivity contribution in [1.82, 2.24) is 9.80 Å². The highest BCUT2D eigenvalue weighted by Crippen LogP contribution is 2.48. The average molecular weight is 909 g/mol. The minimum atomic E-state index is -2.27. The van der Waals surface area contributed by atoms with E-state index in [9.17, 15) is 19.2 Å².